The number of ether oxygens (including phenoxy) is 2. The molecular formula is C23H28N4O3S. The normalized spacial score (nSPS) is 27.0. The molecule has 2 N–H and O–H groups in total. The van der Waals surface area contributed by atoms with E-state index in [1.165, 1.54) is 0 Å². The van der Waals surface area contributed by atoms with Crippen molar-refractivity contribution in [2.75, 3.05) is 11.9 Å². The van der Waals surface area contributed by atoms with Crippen molar-refractivity contribution in [2.45, 2.75) is 64.6 Å². The molecule has 1 saturated carbocycles. The van der Waals surface area contributed by atoms with Gasteiger partial charge in [-0.05, 0) is 39.3 Å². The van der Waals surface area contributed by atoms with E-state index in [1.807, 2.05) is 39.0 Å². The molecule has 164 valence electrons. The van der Waals surface area contributed by atoms with E-state index in [2.05, 4.69) is 18.3 Å². The van der Waals surface area contributed by atoms with E-state index in [0.29, 0.717) is 0 Å². The summed E-state index contributed by atoms with van der Waals surface area (Å²) in [7, 11) is 0. The van der Waals surface area contributed by atoms with E-state index in [-0.39, 0.29) is 30.8 Å². The fourth-order valence-corrected chi connectivity index (χ4v) is 5.77. The Kier molecular flexibility index (Phi) is 5.21. The van der Waals surface area contributed by atoms with Crippen LogP contribution in [0.25, 0.3) is 20.8 Å². The number of hydrogen-bond acceptors (Lipinski definition) is 8. The first-order chi connectivity index (χ1) is 14.9. The van der Waals surface area contributed by atoms with Gasteiger partial charge in [0, 0.05) is 18.9 Å². The standard InChI is InChI=1S/C23H28N4O3S/c1-5-17-24-12(2)18(22-26-14-8-6-7-9-16(14)31-22)21(27-17)25-15-10-13(11-28)19-20(15)30-23(3,4)29-19/h6-9,13,15,19-20,28H,5,10-11H2,1-4H3,(H,24,25,27). The van der Waals surface area contributed by atoms with Crippen molar-refractivity contribution >= 4 is 27.4 Å². The zero-order valence-corrected chi connectivity index (χ0v) is 19.1. The second-order valence-electron chi connectivity index (χ2n) is 8.78. The molecule has 31 heavy (non-hydrogen) atoms. The SMILES string of the molecule is CCc1nc(C)c(-c2nc3ccccc3s2)c(NC2CC(CO)C3OC(C)(C)OC23)n1. The van der Waals surface area contributed by atoms with Crippen LogP contribution in [-0.2, 0) is 15.9 Å². The summed E-state index contributed by atoms with van der Waals surface area (Å²) in [4.78, 5) is 14.4. The summed E-state index contributed by atoms with van der Waals surface area (Å²) in [6.45, 7) is 7.99. The summed E-state index contributed by atoms with van der Waals surface area (Å²) in [5.41, 5.74) is 2.81. The second-order valence-corrected chi connectivity index (χ2v) is 9.81. The van der Waals surface area contributed by atoms with Crippen LogP contribution in [0.5, 0.6) is 0 Å². The van der Waals surface area contributed by atoms with Gasteiger partial charge in [-0.1, -0.05) is 19.1 Å². The van der Waals surface area contributed by atoms with E-state index < -0.39 is 5.79 Å². The number of aliphatic hydroxyl groups is 1. The van der Waals surface area contributed by atoms with Crippen LogP contribution >= 0.6 is 11.3 Å². The van der Waals surface area contributed by atoms with Crippen LogP contribution in [0, 0.1) is 12.8 Å². The van der Waals surface area contributed by atoms with Gasteiger partial charge in [-0.15, -0.1) is 11.3 Å². The van der Waals surface area contributed by atoms with Gasteiger partial charge < -0.3 is 19.9 Å². The highest BCUT2D eigenvalue weighted by Gasteiger charge is 2.54. The Labute approximate surface area is 185 Å². The predicted molar refractivity (Wildman–Crippen MR) is 121 cm³/mol. The van der Waals surface area contributed by atoms with Gasteiger partial charge in [-0.2, -0.15) is 0 Å². The summed E-state index contributed by atoms with van der Waals surface area (Å²) in [5, 5.41) is 14.5. The fraction of sp³-hybridized carbons (Fsp3) is 0.522. The number of aliphatic hydroxyl groups excluding tert-OH is 1. The van der Waals surface area contributed by atoms with Crippen LogP contribution in [0.1, 0.15) is 38.7 Å². The Morgan fingerprint density at radius 2 is 1.94 bits per heavy atom. The first-order valence-corrected chi connectivity index (χ1v) is 11.7. The van der Waals surface area contributed by atoms with Crippen molar-refractivity contribution in [1.82, 2.24) is 15.0 Å². The number of para-hydroxylation sites is 1. The van der Waals surface area contributed by atoms with Crippen molar-refractivity contribution in [3.63, 3.8) is 0 Å². The zero-order chi connectivity index (χ0) is 21.8. The highest BCUT2D eigenvalue weighted by Crippen LogP contribution is 2.43. The molecule has 1 aliphatic carbocycles. The van der Waals surface area contributed by atoms with Gasteiger partial charge in [0.25, 0.3) is 0 Å². The summed E-state index contributed by atoms with van der Waals surface area (Å²) in [6.07, 6.45) is 1.23. The maximum Gasteiger partial charge on any atom is 0.163 e. The Morgan fingerprint density at radius 3 is 2.68 bits per heavy atom. The first-order valence-electron chi connectivity index (χ1n) is 10.8. The van der Waals surface area contributed by atoms with Crippen molar-refractivity contribution < 1.29 is 14.6 Å². The Bertz CT molecular complexity index is 1080. The molecule has 7 nitrogen and oxygen atoms in total. The number of hydrogen-bond donors (Lipinski definition) is 2. The molecule has 2 aromatic heterocycles. The molecule has 0 spiro atoms. The molecule has 4 unspecified atom stereocenters. The number of rotatable bonds is 5. The molecule has 2 aliphatic rings. The number of aryl methyl sites for hydroxylation is 2. The van der Waals surface area contributed by atoms with Crippen LogP contribution in [0.2, 0.25) is 0 Å². The van der Waals surface area contributed by atoms with Gasteiger partial charge in [0.05, 0.1) is 33.6 Å². The number of thiazole rings is 1. The average Bonchev–Trinajstić information content (AvgIpc) is 3.38. The molecule has 0 amide bonds. The number of anilines is 1. The van der Waals surface area contributed by atoms with Gasteiger partial charge in [-0.3, -0.25) is 0 Å². The van der Waals surface area contributed by atoms with Gasteiger partial charge in [0.1, 0.15) is 22.8 Å². The molecule has 1 aromatic carbocycles. The topological polar surface area (TPSA) is 89.4 Å². The average molecular weight is 441 g/mol. The monoisotopic (exact) mass is 440 g/mol. The quantitative estimate of drug-likeness (QED) is 0.621. The summed E-state index contributed by atoms with van der Waals surface area (Å²) in [6, 6.07) is 8.12. The lowest BCUT2D eigenvalue weighted by molar-refractivity contribution is -0.158. The zero-order valence-electron chi connectivity index (χ0n) is 18.3. The summed E-state index contributed by atoms with van der Waals surface area (Å²) in [5.74, 6) is 0.944. The number of nitrogens with one attached hydrogen (secondary N) is 1. The molecule has 0 radical (unpaired) electrons. The second kappa shape index (κ2) is 7.78. The molecule has 4 atom stereocenters. The van der Waals surface area contributed by atoms with Crippen LogP contribution in [0.15, 0.2) is 24.3 Å². The molecule has 3 heterocycles. The maximum atomic E-state index is 9.91. The third-order valence-corrected chi connectivity index (χ3v) is 7.15. The fourth-order valence-electron chi connectivity index (χ4n) is 4.71. The molecule has 5 rings (SSSR count). The smallest absolute Gasteiger partial charge is 0.163 e. The number of aromatic nitrogens is 3. The molecular weight excluding hydrogens is 412 g/mol. The molecule has 3 aromatic rings. The molecule has 2 fully saturated rings. The Morgan fingerprint density at radius 1 is 1.16 bits per heavy atom. The van der Waals surface area contributed by atoms with Gasteiger partial charge in [0.15, 0.2) is 5.79 Å². The van der Waals surface area contributed by atoms with Gasteiger partial charge >= 0.3 is 0 Å². The summed E-state index contributed by atoms with van der Waals surface area (Å²) < 4.78 is 13.5. The van der Waals surface area contributed by atoms with Gasteiger partial charge in [0.2, 0.25) is 0 Å². The van der Waals surface area contributed by atoms with Crippen LogP contribution in [0.4, 0.5) is 5.82 Å². The lowest BCUT2D eigenvalue weighted by atomic mass is 10.1. The number of benzene rings is 1. The van der Waals surface area contributed by atoms with Crippen molar-refractivity contribution in [2.24, 2.45) is 5.92 Å². The highest BCUT2D eigenvalue weighted by molar-refractivity contribution is 7.21. The Balaban J connectivity index is 1.55. The minimum Gasteiger partial charge on any atom is -0.396 e. The molecule has 1 aliphatic heterocycles. The first kappa shape index (κ1) is 20.8. The largest absolute Gasteiger partial charge is 0.396 e. The molecule has 8 heteroatoms. The molecule has 0 bridgehead atoms. The lowest BCUT2D eigenvalue weighted by Gasteiger charge is -2.24. The van der Waals surface area contributed by atoms with Gasteiger partial charge in [-0.25, -0.2) is 15.0 Å². The van der Waals surface area contributed by atoms with E-state index >= 15 is 0 Å². The van der Waals surface area contributed by atoms with Crippen LogP contribution in [0.3, 0.4) is 0 Å². The van der Waals surface area contributed by atoms with E-state index in [0.717, 1.165) is 51.0 Å². The molecule has 1 saturated heterocycles. The third kappa shape index (κ3) is 3.71. The predicted octanol–water partition coefficient (Wildman–Crippen LogP) is 3.94. The van der Waals surface area contributed by atoms with Crippen molar-refractivity contribution in [3.8, 4) is 10.6 Å². The van der Waals surface area contributed by atoms with E-state index in [9.17, 15) is 5.11 Å². The highest BCUT2D eigenvalue weighted by atomic mass is 32.1. The van der Waals surface area contributed by atoms with E-state index in [1.54, 1.807) is 11.3 Å². The third-order valence-electron chi connectivity index (χ3n) is 6.10. The van der Waals surface area contributed by atoms with E-state index in [4.69, 9.17) is 24.4 Å². The number of nitrogens with zero attached hydrogens (tertiary/aromatic N) is 3. The minimum absolute atomic E-state index is 0.0175. The number of fused-ring (bicyclic) bond motifs is 2. The van der Waals surface area contributed by atoms with Crippen LogP contribution < -0.4 is 5.32 Å². The van der Waals surface area contributed by atoms with Crippen molar-refractivity contribution in [1.29, 1.82) is 0 Å². The minimum atomic E-state index is -0.658. The van der Waals surface area contributed by atoms with Crippen molar-refractivity contribution in [3.05, 3.63) is 35.8 Å². The van der Waals surface area contributed by atoms with Crippen LogP contribution in [-0.4, -0.2) is 50.7 Å². The Hall–Kier alpha value is -2.13. The lowest BCUT2D eigenvalue weighted by Crippen LogP contribution is -2.35. The summed E-state index contributed by atoms with van der Waals surface area (Å²) >= 11 is 1.65. The maximum absolute atomic E-state index is 9.91.